The Kier molecular flexibility index (Phi) is 83.1. The molecule has 0 bridgehead atoms. The Morgan fingerprint density at radius 3 is 0.836 bits per heavy atom. The van der Waals surface area contributed by atoms with E-state index in [-0.39, 0.29) is 31.4 Å². The minimum Gasteiger partial charge on any atom is -0.462 e. The van der Waals surface area contributed by atoms with Crippen molar-refractivity contribution in [1.82, 2.24) is 10.6 Å². The van der Waals surface area contributed by atoms with Crippen LogP contribution in [0.2, 0.25) is 0 Å². The molecule has 116 heavy (non-hydrogen) atoms. The van der Waals surface area contributed by atoms with Crippen LogP contribution >= 0.6 is 0 Å². The minimum absolute atomic E-state index is 0.180. The fraction of sp³-hybridized carbons (Fsp3) is 0.898. The first-order chi connectivity index (χ1) is 56.6. The second-order valence-electron chi connectivity index (χ2n) is 34.3. The highest BCUT2D eigenvalue weighted by molar-refractivity contribution is 5.80. The van der Waals surface area contributed by atoms with Crippen molar-refractivity contribution >= 4 is 35.7 Å². The van der Waals surface area contributed by atoms with Crippen molar-refractivity contribution in [3.8, 4) is 0 Å². The summed E-state index contributed by atoms with van der Waals surface area (Å²) in [5.41, 5.74) is -0.944. The topological polar surface area (TPSA) is 274 Å². The Morgan fingerprint density at radius 2 is 0.526 bits per heavy atom. The fourth-order valence-corrected chi connectivity index (χ4v) is 15.4. The van der Waals surface area contributed by atoms with E-state index in [2.05, 4.69) is 52.2 Å². The summed E-state index contributed by atoms with van der Waals surface area (Å²) in [6.07, 6.45) is 64.9. The number of amides is 2. The molecule has 0 radical (unpaired) electrons. The average molecular weight is 1650 g/mol. The van der Waals surface area contributed by atoms with Crippen molar-refractivity contribution in [3.05, 3.63) is 22.9 Å². The van der Waals surface area contributed by atoms with E-state index in [0.717, 1.165) is 141 Å². The molecule has 5 atom stereocenters. The first kappa shape index (κ1) is 112. The van der Waals surface area contributed by atoms with Crippen LogP contribution in [0.4, 0.5) is 0 Å². The molecule has 682 valence electrons. The molecule has 7 N–H and O–H groups in total. The van der Waals surface area contributed by atoms with Gasteiger partial charge in [-0.2, -0.15) is 0 Å². The van der Waals surface area contributed by atoms with Gasteiger partial charge in [-0.05, 0) is 51.4 Å². The quantitative estimate of drug-likeness (QED) is 0.00980. The van der Waals surface area contributed by atoms with Gasteiger partial charge in [0.05, 0.1) is 50.2 Å². The lowest BCUT2D eigenvalue weighted by Crippen LogP contribution is -2.37. The van der Waals surface area contributed by atoms with E-state index in [0.29, 0.717) is 64.2 Å². The predicted molar refractivity (Wildman–Crippen MR) is 476 cm³/mol. The lowest BCUT2D eigenvalue weighted by molar-refractivity contribution is -0.155. The van der Waals surface area contributed by atoms with Crippen LogP contribution in [0.15, 0.2) is 22.9 Å². The Labute approximate surface area is 710 Å². The number of aliphatic hydroxyl groups is 5. The molecule has 0 saturated carbocycles. The average Bonchev–Trinajstić information content (AvgIpc) is 0.855. The molecule has 18 heteroatoms. The van der Waals surface area contributed by atoms with Gasteiger partial charge in [-0.15, -0.1) is 0 Å². The molecule has 0 aromatic heterocycles. The third kappa shape index (κ3) is 73.9. The van der Waals surface area contributed by atoms with Crippen molar-refractivity contribution in [2.45, 2.75) is 547 Å². The summed E-state index contributed by atoms with van der Waals surface area (Å²) in [6, 6.07) is 0. The number of rotatable bonds is 90. The molecule has 0 fully saturated rings. The van der Waals surface area contributed by atoms with Crippen LogP contribution in [0.5, 0.6) is 0 Å². The minimum atomic E-state index is -2.28. The Bertz CT molecular complexity index is 2330. The molecule has 0 unspecified atom stereocenters. The number of nitrogens with one attached hydrogen (secondary N) is 2. The maximum atomic E-state index is 14.7. The van der Waals surface area contributed by atoms with Gasteiger partial charge in [-0.25, -0.2) is 0 Å². The van der Waals surface area contributed by atoms with Gasteiger partial charge in [0.15, 0.2) is 17.8 Å². The van der Waals surface area contributed by atoms with Gasteiger partial charge >= 0.3 is 23.9 Å². The highest BCUT2D eigenvalue weighted by Crippen LogP contribution is 2.25. The van der Waals surface area contributed by atoms with E-state index in [1.165, 1.54) is 231 Å². The monoisotopic (exact) mass is 1650 g/mol. The van der Waals surface area contributed by atoms with E-state index < -0.39 is 116 Å². The van der Waals surface area contributed by atoms with Crippen LogP contribution < -0.4 is 10.6 Å². The second kappa shape index (κ2) is 86.0. The molecule has 2 amide bonds. The second-order valence-corrected chi connectivity index (χ2v) is 34.3. The number of esters is 4. The summed E-state index contributed by atoms with van der Waals surface area (Å²) in [5, 5.41) is 62.0. The van der Waals surface area contributed by atoms with Crippen molar-refractivity contribution in [2.75, 3.05) is 19.8 Å². The SMILES string of the molecule is CCCCCCCCCCCCCCC(=O)O[C@H](CCCCCCCCCCCC)CC(=O)N/C(=C(\CO)OC(=O)C[C@@H](CCCCCCCCCCCC)OC(=O)CCCCCCCCCCCCCC)[C@@H](O)OC/C(OC(=O)C[C@H](O)CCCCCCCCCCCC)=C(/CO)NC(=O)C[C@H](O)CCCCCCCCCCCC. The van der Waals surface area contributed by atoms with Crippen LogP contribution in [-0.2, 0) is 52.5 Å². The lowest BCUT2D eigenvalue weighted by atomic mass is 10.0. The summed E-state index contributed by atoms with van der Waals surface area (Å²) < 4.78 is 30.0. The summed E-state index contributed by atoms with van der Waals surface area (Å²) in [4.78, 5) is 84.2. The van der Waals surface area contributed by atoms with Gasteiger partial charge in [0.25, 0.3) is 0 Å². The van der Waals surface area contributed by atoms with E-state index in [4.69, 9.17) is 23.7 Å². The summed E-state index contributed by atoms with van der Waals surface area (Å²) >= 11 is 0. The molecule has 0 heterocycles. The molecule has 18 nitrogen and oxygen atoms in total. The highest BCUT2D eigenvalue weighted by Gasteiger charge is 2.29. The molecule has 0 spiro atoms. The molecular weight excluding hydrogens is 1460 g/mol. The maximum absolute atomic E-state index is 14.7. The van der Waals surface area contributed by atoms with Crippen LogP contribution in [-0.4, -0.2) is 112 Å². The number of unbranched alkanes of at least 4 members (excludes halogenated alkanes) is 58. The van der Waals surface area contributed by atoms with Crippen molar-refractivity contribution in [2.24, 2.45) is 0 Å². The maximum Gasteiger partial charge on any atom is 0.314 e. The lowest BCUT2D eigenvalue weighted by Gasteiger charge is -2.23. The molecule has 0 aromatic rings. The van der Waals surface area contributed by atoms with E-state index in [1.54, 1.807) is 0 Å². The number of carbonyl (C=O) groups excluding carboxylic acids is 6. The highest BCUT2D eigenvalue weighted by atomic mass is 16.6. The molecule has 0 aliphatic rings. The molecule has 0 aliphatic heterocycles. The third-order valence-electron chi connectivity index (χ3n) is 22.8. The summed E-state index contributed by atoms with van der Waals surface area (Å²) in [7, 11) is 0. The van der Waals surface area contributed by atoms with Gasteiger partial charge in [0.1, 0.15) is 31.1 Å². The zero-order valence-electron chi connectivity index (χ0n) is 76.1. The molecule has 0 rings (SSSR count). The van der Waals surface area contributed by atoms with Crippen molar-refractivity contribution in [3.63, 3.8) is 0 Å². The van der Waals surface area contributed by atoms with Crippen LogP contribution in [0, 0.1) is 0 Å². The first-order valence-electron chi connectivity index (χ1n) is 49.3. The Morgan fingerprint density at radius 1 is 0.267 bits per heavy atom. The van der Waals surface area contributed by atoms with Crippen molar-refractivity contribution in [1.29, 1.82) is 0 Å². The van der Waals surface area contributed by atoms with Gasteiger partial charge in [0.2, 0.25) is 11.8 Å². The van der Waals surface area contributed by atoms with Crippen molar-refractivity contribution < 1.29 is 78.0 Å². The van der Waals surface area contributed by atoms with Crippen LogP contribution in [0.25, 0.3) is 0 Å². The van der Waals surface area contributed by atoms with Gasteiger partial charge in [-0.3, -0.25) is 28.8 Å². The summed E-state index contributed by atoms with van der Waals surface area (Å²) in [5.74, 6) is -5.27. The predicted octanol–water partition coefficient (Wildman–Crippen LogP) is 25.6. The Hall–Kier alpha value is -3.94. The van der Waals surface area contributed by atoms with Crippen LogP contribution in [0.3, 0.4) is 0 Å². The standard InChI is InChI=1S/C98H184N2O16/c1-7-13-19-25-31-37-43-45-51-57-63-69-75-93(107)113-86(73-67-61-55-49-41-35-29-23-17-11-5)79-92(106)100-97(89(82-102)115-96(110)80-87(74-68-62-56-50-42-36-30-24-18-12-6)114-94(108)76-70-64-58-52-46-44-38-32-26-20-14-8-2)98(111)112-83-90(116-95(109)78-85(104)72-66-60-54-48-40-34-28-22-16-10-4)88(81-101)99-91(105)77-84(103)71-65-59-53-47-39-33-27-21-15-9-3/h84-87,98,101-104,111H,7-83H2,1-6H3,(H,99,105)(H,100,106)/b90-88+,97-89+/t84-,85-,86-,87-,98+/m1/s1. The number of aliphatic hydroxyl groups excluding tert-OH is 5. The zero-order valence-corrected chi connectivity index (χ0v) is 76.1. The Balaban J connectivity index is 7.40. The third-order valence-corrected chi connectivity index (χ3v) is 22.8. The fourth-order valence-electron chi connectivity index (χ4n) is 15.4. The zero-order chi connectivity index (χ0) is 85.1. The van der Waals surface area contributed by atoms with E-state index >= 15 is 0 Å². The smallest absolute Gasteiger partial charge is 0.314 e. The van der Waals surface area contributed by atoms with Gasteiger partial charge < -0.3 is 59.9 Å². The summed E-state index contributed by atoms with van der Waals surface area (Å²) in [6.45, 7) is 10.5. The van der Waals surface area contributed by atoms with E-state index in [1.807, 2.05) is 0 Å². The number of ether oxygens (including phenoxy) is 5. The molecule has 0 aromatic carbocycles. The van der Waals surface area contributed by atoms with Gasteiger partial charge in [0, 0.05) is 12.8 Å². The largest absolute Gasteiger partial charge is 0.462 e. The van der Waals surface area contributed by atoms with Crippen LogP contribution in [0.1, 0.15) is 517 Å². The molecule has 0 saturated heterocycles. The normalized spacial score (nSPS) is 13.4. The number of carbonyl (C=O) groups is 6. The van der Waals surface area contributed by atoms with Gasteiger partial charge in [-0.1, -0.05) is 427 Å². The number of hydrogen-bond donors (Lipinski definition) is 7. The molecule has 0 aliphatic carbocycles. The first-order valence-corrected chi connectivity index (χ1v) is 49.3. The molecular formula is C98H184N2O16. The number of hydrogen-bond acceptors (Lipinski definition) is 16. The van der Waals surface area contributed by atoms with E-state index in [9.17, 15) is 54.3 Å².